The molecule has 1 aliphatic carbocycles. The zero-order chi connectivity index (χ0) is 22.6. The molecule has 0 aromatic rings. The number of aliphatic hydroxyl groups excluding tert-OH is 1. The molecule has 0 radical (unpaired) electrons. The van der Waals surface area contributed by atoms with Crippen LogP contribution in [0.3, 0.4) is 0 Å². The lowest BCUT2D eigenvalue weighted by Crippen LogP contribution is -2.48. The van der Waals surface area contributed by atoms with Crippen molar-refractivity contribution in [2.24, 2.45) is 11.8 Å². The molecule has 2 rings (SSSR count). The molecule has 1 aliphatic heterocycles. The van der Waals surface area contributed by atoms with Gasteiger partial charge < -0.3 is 14.9 Å². The van der Waals surface area contributed by atoms with Crippen LogP contribution in [0.25, 0.3) is 0 Å². The number of allylic oxidation sites excluding steroid dienone is 6. The first-order chi connectivity index (χ1) is 14.0. The van der Waals surface area contributed by atoms with Gasteiger partial charge in [-0.15, -0.1) is 0 Å². The van der Waals surface area contributed by atoms with Crippen LogP contribution in [-0.4, -0.2) is 33.5 Å². The second-order valence-corrected chi connectivity index (χ2v) is 8.80. The summed E-state index contributed by atoms with van der Waals surface area (Å²) in [5.41, 5.74) is 0.221. The number of ketones is 2. The van der Waals surface area contributed by atoms with Crippen molar-refractivity contribution < 1.29 is 24.5 Å². The highest BCUT2D eigenvalue weighted by Gasteiger charge is 2.49. The van der Waals surface area contributed by atoms with E-state index < -0.39 is 23.4 Å². The molecule has 6 heteroatoms. The van der Waals surface area contributed by atoms with Gasteiger partial charge in [0.05, 0.1) is 17.4 Å². The van der Waals surface area contributed by atoms with E-state index in [1.165, 1.54) is 20.1 Å². The molecule has 0 saturated heterocycles. The van der Waals surface area contributed by atoms with Crippen molar-refractivity contribution in [2.75, 3.05) is 0 Å². The minimum atomic E-state index is -1.83. The summed E-state index contributed by atoms with van der Waals surface area (Å²) in [7, 11) is 0. The summed E-state index contributed by atoms with van der Waals surface area (Å²) in [6.45, 7) is 9.16. The predicted molar refractivity (Wildman–Crippen MR) is 118 cm³/mol. The minimum absolute atomic E-state index is 0.0483. The van der Waals surface area contributed by atoms with Crippen LogP contribution in [0.1, 0.15) is 53.9 Å². The van der Waals surface area contributed by atoms with E-state index in [1.807, 2.05) is 13.0 Å². The van der Waals surface area contributed by atoms with Crippen LogP contribution in [0.15, 0.2) is 58.1 Å². The van der Waals surface area contributed by atoms with E-state index in [2.05, 4.69) is 19.9 Å². The number of rotatable bonds is 8. The van der Waals surface area contributed by atoms with E-state index >= 15 is 0 Å². The molecule has 0 unspecified atom stereocenters. The van der Waals surface area contributed by atoms with Crippen molar-refractivity contribution >= 4 is 23.2 Å². The van der Waals surface area contributed by atoms with E-state index in [1.54, 1.807) is 12.2 Å². The second-order valence-electron chi connectivity index (χ2n) is 8.42. The van der Waals surface area contributed by atoms with Gasteiger partial charge in [-0.3, -0.25) is 9.59 Å². The third-order valence-electron chi connectivity index (χ3n) is 5.53. The zero-order valence-corrected chi connectivity index (χ0v) is 19.0. The lowest BCUT2D eigenvalue weighted by molar-refractivity contribution is -0.137. The first kappa shape index (κ1) is 24.3. The lowest BCUT2D eigenvalue weighted by Gasteiger charge is -2.38. The molecule has 0 amide bonds. The minimum Gasteiger partial charge on any atom is -0.465 e. The van der Waals surface area contributed by atoms with Crippen molar-refractivity contribution in [1.82, 2.24) is 0 Å². The quantitative estimate of drug-likeness (QED) is 0.549. The highest BCUT2D eigenvalue weighted by atomic mass is 35.5. The van der Waals surface area contributed by atoms with Gasteiger partial charge in [-0.1, -0.05) is 49.6 Å². The van der Waals surface area contributed by atoms with Crippen molar-refractivity contribution in [2.45, 2.75) is 65.6 Å². The van der Waals surface area contributed by atoms with Gasteiger partial charge in [0, 0.05) is 29.9 Å². The van der Waals surface area contributed by atoms with Crippen LogP contribution in [0.2, 0.25) is 0 Å². The fraction of sp³-hybridized carbons (Fsp3) is 0.500. The molecule has 0 bridgehead atoms. The monoisotopic (exact) mass is 434 g/mol. The van der Waals surface area contributed by atoms with Crippen LogP contribution >= 0.6 is 11.6 Å². The molecule has 0 fully saturated rings. The SMILES string of the molecule is CC[C@@H](C)C=C(C)C=CC1=CC2=C(Cl)C(=O)[C@@](C)(O)[C@@H](CC(=O)C[C@H](C)O)C2=CO1. The van der Waals surface area contributed by atoms with Crippen LogP contribution in [0.4, 0.5) is 0 Å². The number of hydrogen-bond acceptors (Lipinski definition) is 5. The fourth-order valence-corrected chi connectivity index (χ4v) is 3.95. The van der Waals surface area contributed by atoms with Gasteiger partial charge in [0.1, 0.15) is 17.1 Å². The van der Waals surface area contributed by atoms with Crippen LogP contribution in [-0.2, 0) is 14.3 Å². The number of fused-ring (bicyclic) bond motifs is 1. The summed E-state index contributed by atoms with van der Waals surface area (Å²) in [5.74, 6) is -0.699. The molecule has 164 valence electrons. The summed E-state index contributed by atoms with van der Waals surface area (Å²) in [4.78, 5) is 25.0. The molecule has 0 saturated carbocycles. The van der Waals surface area contributed by atoms with Crippen molar-refractivity contribution in [3.63, 3.8) is 0 Å². The number of halogens is 1. The van der Waals surface area contributed by atoms with E-state index in [4.69, 9.17) is 16.3 Å². The molecular weight excluding hydrogens is 404 g/mol. The molecule has 2 N–H and O–H groups in total. The fourth-order valence-electron chi connectivity index (χ4n) is 3.59. The first-order valence-electron chi connectivity index (χ1n) is 10.3. The standard InChI is InChI=1S/C24H31ClO5/c1-6-14(2)9-15(3)7-8-18-12-19-20(13-30-18)21(11-17(27)10-16(4)26)24(5,29)23(28)22(19)25/h7-9,12-14,16,21,26,29H,6,10-11H2,1-5H3/t14-,16+,21+,24+/m1/s1. The summed E-state index contributed by atoms with van der Waals surface area (Å²) in [6.07, 6.45) is 9.11. The Morgan fingerprint density at radius 2 is 2.07 bits per heavy atom. The number of Topliss-reactive ketones (excluding diaryl/α,β-unsaturated/α-hetero) is 2. The third kappa shape index (κ3) is 5.60. The zero-order valence-electron chi connectivity index (χ0n) is 18.2. The Labute approximate surface area is 183 Å². The Kier molecular flexibility index (Phi) is 8.03. The highest BCUT2D eigenvalue weighted by molar-refractivity contribution is 6.45. The van der Waals surface area contributed by atoms with Crippen molar-refractivity contribution in [3.8, 4) is 0 Å². The average molecular weight is 435 g/mol. The largest absolute Gasteiger partial charge is 0.465 e. The van der Waals surface area contributed by atoms with E-state index in [0.717, 1.165) is 12.0 Å². The molecular formula is C24H31ClO5. The summed E-state index contributed by atoms with van der Waals surface area (Å²) in [5, 5.41) is 20.2. The van der Waals surface area contributed by atoms with Gasteiger partial charge in [0.2, 0.25) is 5.78 Å². The van der Waals surface area contributed by atoms with Gasteiger partial charge >= 0.3 is 0 Å². The Hall–Kier alpha value is -1.95. The molecule has 2 aliphatic rings. The predicted octanol–water partition coefficient (Wildman–Crippen LogP) is 4.51. The van der Waals surface area contributed by atoms with Crippen molar-refractivity contribution in [1.29, 1.82) is 0 Å². The normalized spacial score (nSPS) is 26.7. The molecule has 4 atom stereocenters. The summed E-state index contributed by atoms with van der Waals surface area (Å²) < 4.78 is 5.71. The number of aliphatic hydroxyl groups is 2. The first-order valence-corrected chi connectivity index (χ1v) is 10.7. The number of hydrogen-bond donors (Lipinski definition) is 2. The number of carbonyl (C=O) groups is 2. The Morgan fingerprint density at radius 1 is 1.40 bits per heavy atom. The Balaban J connectivity index is 2.33. The molecule has 5 nitrogen and oxygen atoms in total. The Morgan fingerprint density at radius 3 is 2.67 bits per heavy atom. The van der Waals surface area contributed by atoms with Gasteiger partial charge in [0.25, 0.3) is 0 Å². The number of ether oxygens (including phenoxy) is 1. The second kappa shape index (κ2) is 9.90. The molecule has 0 aromatic heterocycles. The maximum atomic E-state index is 12.7. The molecule has 30 heavy (non-hydrogen) atoms. The van der Waals surface area contributed by atoms with Crippen LogP contribution < -0.4 is 0 Å². The highest BCUT2D eigenvalue weighted by Crippen LogP contribution is 2.44. The van der Waals surface area contributed by atoms with E-state index in [9.17, 15) is 19.8 Å². The van der Waals surface area contributed by atoms with E-state index in [0.29, 0.717) is 22.8 Å². The van der Waals surface area contributed by atoms with Crippen molar-refractivity contribution in [3.05, 3.63) is 58.1 Å². The smallest absolute Gasteiger partial charge is 0.206 e. The maximum absolute atomic E-state index is 12.7. The molecule has 0 spiro atoms. The van der Waals surface area contributed by atoms with Crippen LogP contribution in [0.5, 0.6) is 0 Å². The molecule has 1 heterocycles. The van der Waals surface area contributed by atoms with Gasteiger partial charge in [-0.05, 0) is 38.8 Å². The van der Waals surface area contributed by atoms with Gasteiger partial charge in [-0.2, -0.15) is 0 Å². The third-order valence-corrected chi connectivity index (χ3v) is 5.90. The van der Waals surface area contributed by atoms with Gasteiger partial charge in [-0.25, -0.2) is 0 Å². The lowest BCUT2D eigenvalue weighted by atomic mass is 9.70. The maximum Gasteiger partial charge on any atom is 0.206 e. The summed E-state index contributed by atoms with van der Waals surface area (Å²) in [6, 6.07) is 0. The van der Waals surface area contributed by atoms with Crippen LogP contribution in [0, 0.1) is 11.8 Å². The van der Waals surface area contributed by atoms with Gasteiger partial charge in [0.15, 0.2) is 0 Å². The van der Waals surface area contributed by atoms with E-state index in [-0.39, 0.29) is 23.7 Å². The Bertz CT molecular complexity index is 855. The summed E-state index contributed by atoms with van der Waals surface area (Å²) >= 11 is 6.30. The average Bonchev–Trinajstić information content (AvgIpc) is 2.67. The molecule has 0 aromatic carbocycles. The topological polar surface area (TPSA) is 83.8 Å². The number of carbonyl (C=O) groups excluding carboxylic acids is 2.